The lowest BCUT2D eigenvalue weighted by molar-refractivity contribution is 0.397. The Bertz CT molecular complexity index is 1120. The van der Waals surface area contributed by atoms with Crippen LogP contribution >= 0.6 is 11.6 Å². The van der Waals surface area contributed by atoms with Gasteiger partial charge in [0, 0.05) is 17.7 Å². The number of aliphatic imine (C=N–C) groups is 1. The van der Waals surface area contributed by atoms with Crippen molar-refractivity contribution in [3.63, 3.8) is 0 Å². The van der Waals surface area contributed by atoms with E-state index in [0.29, 0.717) is 5.88 Å². The van der Waals surface area contributed by atoms with Gasteiger partial charge in [0.1, 0.15) is 5.84 Å². The van der Waals surface area contributed by atoms with Gasteiger partial charge >= 0.3 is 0 Å². The summed E-state index contributed by atoms with van der Waals surface area (Å²) in [6, 6.07) is 16.7. The van der Waals surface area contributed by atoms with Crippen LogP contribution < -0.4 is 10.1 Å². The smallest absolute Gasteiger partial charge is 0.224 e. The molecule has 2 heterocycles. The van der Waals surface area contributed by atoms with E-state index >= 15 is 0 Å². The predicted octanol–water partition coefficient (Wildman–Crippen LogP) is 4.92. The minimum Gasteiger partial charge on any atom is -0.480 e. The zero-order chi connectivity index (χ0) is 19.8. The molecule has 0 saturated heterocycles. The molecule has 0 amide bonds. The third kappa shape index (κ3) is 3.18. The molecule has 2 aromatic carbocycles. The normalized spacial score (nSPS) is 15.0. The van der Waals surface area contributed by atoms with Crippen LogP contribution in [0.25, 0.3) is 22.4 Å². The van der Waals surface area contributed by atoms with Crippen molar-refractivity contribution in [1.29, 1.82) is 0 Å². The van der Waals surface area contributed by atoms with Gasteiger partial charge in [0.2, 0.25) is 5.88 Å². The Kier molecular flexibility index (Phi) is 4.72. The summed E-state index contributed by atoms with van der Waals surface area (Å²) < 4.78 is 5.56. The third-order valence-electron chi connectivity index (χ3n) is 5.69. The first-order valence-corrected chi connectivity index (χ1v) is 10.4. The number of hydrogen-bond donors (Lipinski definition) is 1. The molecule has 146 valence electrons. The first-order chi connectivity index (χ1) is 14.3. The molecular weight excluding hydrogens is 382 g/mol. The highest BCUT2D eigenvalue weighted by Gasteiger charge is 2.20. The Balaban J connectivity index is 1.60. The van der Waals surface area contributed by atoms with Crippen molar-refractivity contribution in [3.05, 3.63) is 70.2 Å². The number of amidine groups is 1. The van der Waals surface area contributed by atoms with Crippen LogP contribution in [-0.2, 0) is 12.8 Å². The fraction of sp³-hybridized carbons (Fsp3) is 0.250. The van der Waals surface area contributed by atoms with Crippen LogP contribution in [0.4, 0.5) is 0 Å². The van der Waals surface area contributed by atoms with Crippen LogP contribution in [0.1, 0.15) is 23.1 Å². The number of halogens is 1. The summed E-state index contributed by atoms with van der Waals surface area (Å²) >= 11 is 6.93. The number of ether oxygens (including phenoxy) is 1. The minimum atomic E-state index is 0.553. The number of aryl methyl sites for hydroxylation is 1. The van der Waals surface area contributed by atoms with Crippen molar-refractivity contribution in [2.45, 2.75) is 19.3 Å². The van der Waals surface area contributed by atoms with E-state index in [2.05, 4.69) is 40.6 Å². The molecule has 0 spiro atoms. The Labute approximate surface area is 175 Å². The zero-order valence-corrected chi connectivity index (χ0v) is 17.1. The topological polar surface area (TPSA) is 46.5 Å². The van der Waals surface area contributed by atoms with Crippen molar-refractivity contribution >= 4 is 17.4 Å². The Morgan fingerprint density at radius 1 is 0.931 bits per heavy atom. The molecule has 2 aliphatic rings. The molecule has 1 aliphatic heterocycles. The largest absolute Gasteiger partial charge is 0.480 e. The number of methoxy groups -OCH3 is 1. The maximum Gasteiger partial charge on any atom is 0.224 e. The molecule has 4 nitrogen and oxygen atoms in total. The van der Waals surface area contributed by atoms with E-state index in [-0.39, 0.29) is 0 Å². The van der Waals surface area contributed by atoms with Gasteiger partial charge in [0.25, 0.3) is 0 Å². The number of benzene rings is 2. The fourth-order valence-corrected chi connectivity index (χ4v) is 4.64. The number of nitrogens with one attached hydrogen (secondary N) is 1. The summed E-state index contributed by atoms with van der Waals surface area (Å²) in [7, 11) is 1.64. The second-order valence-electron chi connectivity index (χ2n) is 7.37. The fourth-order valence-electron chi connectivity index (χ4n) is 4.31. The highest BCUT2D eigenvalue weighted by atomic mass is 35.5. The van der Waals surface area contributed by atoms with Gasteiger partial charge in [-0.2, -0.15) is 0 Å². The first-order valence-electron chi connectivity index (χ1n) is 10.00. The van der Waals surface area contributed by atoms with Gasteiger partial charge in [-0.05, 0) is 48.1 Å². The second-order valence-corrected chi connectivity index (χ2v) is 7.75. The summed E-state index contributed by atoms with van der Waals surface area (Å²) in [5, 5.41) is 4.00. The lowest BCUT2D eigenvalue weighted by Gasteiger charge is -2.14. The molecule has 0 radical (unpaired) electrons. The van der Waals surface area contributed by atoms with E-state index in [0.717, 1.165) is 59.2 Å². The van der Waals surface area contributed by atoms with Crippen molar-refractivity contribution in [2.24, 2.45) is 4.99 Å². The molecular formula is C24H22ClN3O. The van der Waals surface area contributed by atoms with E-state index in [1.807, 2.05) is 18.2 Å². The van der Waals surface area contributed by atoms with Gasteiger partial charge in [-0.25, -0.2) is 4.98 Å². The summed E-state index contributed by atoms with van der Waals surface area (Å²) in [5.74, 6) is 1.39. The molecule has 1 N–H and O–H groups in total. The van der Waals surface area contributed by atoms with Crippen LogP contribution in [0.15, 0.2) is 53.5 Å². The molecule has 0 atom stereocenters. The Morgan fingerprint density at radius 3 is 2.59 bits per heavy atom. The van der Waals surface area contributed by atoms with Gasteiger partial charge in [0.15, 0.2) is 0 Å². The highest BCUT2D eigenvalue weighted by Crippen LogP contribution is 2.40. The van der Waals surface area contributed by atoms with E-state index in [4.69, 9.17) is 21.3 Å². The SMILES string of the molecule is COc1nc(-c2cccc(-c3cccc4c3CCC4)c2Cl)ccc1C1=NCCN1. The molecule has 5 rings (SSSR count). The van der Waals surface area contributed by atoms with Crippen molar-refractivity contribution < 1.29 is 4.74 Å². The molecule has 0 unspecified atom stereocenters. The van der Waals surface area contributed by atoms with Crippen LogP contribution in [0, 0.1) is 0 Å². The minimum absolute atomic E-state index is 0.553. The van der Waals surface area contributed by atoms with E-state index < -0.39 is 0 Å². The van der Waals surface area contributed by atoms with Gasteiger partial charge in [-0.1, -0.05) is 48.0 Å². The van der Waals surface area contributed by atoms with Crippen LogP contribution in [-0.4, -0.2) is 31.0 Å². The van der Waals surface area contributed by atoms with E-state index in [1.165, 1.54) is 23.1 Å². The molecule has 1 aromatic heterocycles. The van der Waals surface area contributed by atoms with Crippen LogP contribution in [0.2, 0.25) is 5.02 Å². The highest BCUT2D eigenvalue weighted by molar-refractivity contribution is 6.36. The number of pyridine rings is 1. The van der Waals surface area contributed by atoms with Gasteiger partial charge in [-0.3, -0.25) is 4.99 Å². The summed E-state index contributed by atoms with van der Waals surface area (Å²) in [5.41, 5.74) is 7.75. The summed E-state index contributed by atoms with van der Waals surface area (Å²) in [6.07, 6.45) is 3.47. The second kappa shape index (κ2) is 7.53. The van der Waals surface area contributed by atoms with Crippen molar-refractivity contribution in [1.82, 2.24) is 10.3 Å². The Morgan fingerprint density at radius 2 is 1.76 bits per heavy atom. The zero-order valence-electron chi connectivity index (χ0n) is 16.3. The first kappa shape index (κ1) is 18.2. The monoisotopic (exact) mass is 403 g/mol. The molecule has 0 fully saturated rings. The summed E-state index contributed by atoms with van der Waals surface area (Å²) in [4.78, 5) is 9.23. The maximum absolute atomic E-state index is 6.93. The number of fused-ring (bicyclic) bond motifs is 1. The van der Waals surface area contributed by atoms with Crippen LogP contribution in [0.5, 0.6) is 5.88 Å². The lowest BCUT2D eigenvalue weighted by Crippen LogP contribution is -2.20. The predicted molar refractivity (Wildman–Crippen MR) is 118 cm³/mol. The number of aromatic nitrogens is 1. The standard InChI is InChI=1S/C24H22ClN3O/c1-29-24-20(23-26-13-14-27-23)11-12-21(28-24)19-10-4-9-18(22(19)25)17-8-3-6-15-5-2-7-16(15)17/h3-4,6,8-12H,2,5,7,13-14H2,1H3,(H,26,27). The lowest BCUT2D eigenvalue weighted by atomic mass is 9.95. The van der Waals surface area contributed by atoms with E-state index in [9.17, 15) is 0 Å². The van der Waals surface area contributed by atoms with Gasteiger partial charge in [-0.15, -0.1) is 0 Å². The molecule has 0 saturated carbocycles. The number of rotatable bonds is 4. The maximum atomic E-state index is 6.93. The molecule has 29 heavy (non-hydrogen) atoms. The van der Waals surface area contributed by atoms with Gasteiger partial charge < -0.3 is 10.1 Å². The van der Waals surface area contributed by atoms with Crippen LogP contribution in [0.3, 0.4) is 0 Å². The number of nitrogens with zero attached hydrogens (tertiary/aromatic N) is 2. The number of hydrogen-bond acceptors (Lipinski definition) is 4. The Hall–Kier alpha value is -2.85. The third-order valence-corrected chi connectivity index (χ3v) is 6.10. The quantitative estimate of drug-likeness (QED) is 0.672. The molecule has 5 heteroatoms. The van der Waals surface area contributed by atoms with E-state index in [1.54, 1.807) is 7.11 Å². The van der Waals surface area contributed by atoms with Gasteiger partial charge in [0.05, 0.1) is 29.9 Å². The average molecular weight is 404 g/mol. The average Bonchev–Trinajstić information content (AvgIpc) is 3.45. The summed E-state index contributed by atoms with van der Waals surface area (Å²) in [6.45, 7) is 1.62. The van der Waals surface area contributed by atoms with Crippen molar-refractivity contribution in [3.8, 4) is 28.3 Å². The van der Waals surface area contributed by atoms with Crippen molar-refractivity contribution in [2.75, 3.05) is 20.2 Å². The molecule has 0 bridgehead atoms. The molecule has 3 aromatic rings. The molecule has 1 aliphatic carbocycles.